The number of benzene rings is 1. The molecule has 0 saturated heterocycles. The number of hydrogen-bond donors (Lipinski definition) is 2. The minimum Gasteiger partial charge on any atom is -0.452 e. The van der Waals surface area contributed by atoms with E-state index in [-0.39, 0.29) is 6.04 Å². The summed E-state index contributed by atoms with van der Waals surface area (Å²) in [4.78, 5) is 41.0. The topological polar surface area (TPSA) is 97.4 Å². The maximum absolute atomic E-state index is 12.5. The number of para-hydroxylation sites is 1. The fourth-order valence-electron chi connectivity index (χ4n) is 3.93. The highest BCUT2D eigenvalue weighted by Gasteiger charge is 2.24. The fraction of sp³-hybridized carbons (Fsp3) is 0.455. The number of amides is 3. The van der Waals surface area contributed by atoms with Crippen molar-refractivity contribution in [3.8, 4) is 0 Å². The van der Waals surface area contributed by atoms with Gasteiger partial charge < -0.3 is 10.1 Å². The first kappa shape index (κ1) is 20.8. The van der Waals surface area contributed by atoms with Crippen molar-refractivity contribution < 1.29 is 19.1 Å². The maximum Gasteiger partial charge on any atom is 0.340 e. The molecule has 1 saturated carbocycles. The van der Waals surface area contributed by atoms with E-state index < -0.39 is 24.5 Å². The van der Waals surface area contributed by atoms with Gasteiger partial charge in [0.05, 0.1) is 16.8 Å². The van der Waals surface area contributed by atoms with E-state index in [9.17, 15) is 14.4 Å². The molecule has 2 atom stereocenters. The number of rotatable bonds is 4. The highest BCUT2D eigenvalue weighted by Crippen LogP contribution is 2.24. The Morgan fingerprint density at radius 1 is 1.14 bits per heavy atom. The largest absolute Gasteiger partial charge is 0.452 e. The van der Waals surface area contributed by atoms with Gasteiger partial charge in [-0.3, -0.25) is 15.1 Å². The number of carbonyl (C=O) groups excluding carboxylic acids is 3. The van der Waals surface area contributed by atoms with Crippen LogP contribution < -0.4 is 10.6 Å². The second kappa shape index (κ2) is 9.03. The molecular formula is C22H27N3O4. The van der Waals surface area contributed by atoms with Gasteiger partial charge in [-0.1, -0.05) is 38.0 Å². The minimum atomic E-state index is -0.664. The number of urea groups is 1. The molecule has 0 spiro atoms. The third-order valence-corrected chi connectivity index (χ3v) is 5.55. The lowest BCUT2D eigenvalue weighted by atomic mass is 9.86. The van der Waals surface area contributed by atoms with Crippen LogP contribution in [0.15, 0.2) is 24.3 Å². The Morgan fingerprint density at radius 2 is 1.86 bits per heavy atom. The molecule has 0 unspecified atom stereocenters. The van der Waals surface area contributed by atoms with Crippen molar-refractivity contribution in [3.63, 3.8) is 0 Å². The summed E-state index contributed by atoms with van der Waals surface area (Å²) in [5.41, 5.74) is 2.43. The van der Waals surface area contributed by atoms with Gasteiger partial charge >= 0.3 is 12.0 Å². The fourth-order valence-corrected chi connectivity index (χ4v) is 3.93. The molecule has 0 aliphatic heterocycles. The number of pyridine rings is 1. The quantitative estimate of drug-likeness (QED) is 0.771. The summed E-state index contributed by atoms with van der Waals surface area (Å²) in [6.07, 6.45) is 4.21. The van der Waals surface area contributed by atoms with Crippen molar-refractivity contribution in [2.45, 2.75) is 52.5 Å². The van der Waals surface area contributed by atoms with E-state index in [0.717, 1.165) is 42.1 Å². The lowest BCUT2D eigenvalue weighted by Crippen LogP contribution is -2.48. The molecule has 0 radical (unpaired) electrons. The van der Waals surface area contributed by atoms with Crippen LogP contribution in [-0.4, -0.2) is 35.5 Å². The zero-order chi connectivity index (χ0) is 21.0. The summed E-state index contributed by atoms with van der Waals surface area (Å²) < 4.78 is 5.14. The average Bonchev–Trinajstić information content (AvgIpc) is 2.68. The number of imide groups is 1. The highest BCUT2D eigenvalue weighted by atomic mass is 16.5. The SMILES string of the molecule is Cc1nc2ccccc2c(C)c1C(=O)OCC(=O)NC(=O)N[C@@H]1CCCC[C@@H]1C. The van der Waals surface area contributed by atoms with Crippen molar-refractivity contribution in [1.29, 1.82) is 0 Å². The highest BCUT2D eigenvalue weighted by molar-refractivity contribution is 6.00. The second-order valence-electron chi connectivity index (χ2n) is 7.68. The van der Waals surface area contributed by atoms with Gasteiger partial charge in [-0.05, 0) is 44.2 Å². The summed E-state index contributed by atoms with van der Waals surface area (Å²) in [5.74, 6) is -0.910. The molecule has 2 N–H and O–H groups in total. The molecule has 3 amide bonds. The molecular weight excluding hydrogens is 370 g/mol. The first-order chi connectivity index (χ1) is 13.9. The molecule has 1 heterocycles. The Balaban J connectivity index is 1.57. The van der Waals surface area contributed by atoms with Crippen molar-refractivity contribution >= 4 is 28.8 Å². The van der Waals surface area contributed by atoms with E-state index in [1.54, 1.807) is 6.92 Å². The maximum atomic E-state index is 12.5. The first-order valence-electron chi connectivity index (χ1n) is 10.00. The predicted molar refractivity (Wildman–Crippen MR) is 110 cm³/mol. The van der Waals surface area contributed by atoms with Crippen molar-refractivity contribution in [1.82, 2.24) is 15.6 Å². The van der Waals surface area contributed by atoms with Crippen LogP contribution in [-0.2, 0) is 9.53 Å². The molecule has 7 heteroatoms. The minimum absolute atomic E-state index is 0.0630. The Hall–Kier alpha value is -2.96. The summed E-state index contributed by atoms with van der Waals surface area (Å²) >= 11 is 0. The number of nitrogens with zero attached hydrogens (tertiary/aromatic N) is 1. The third kappa shape index (κ3) is 4.91. The van der Waals surface area contributed by atoms with E-state index >= 15 is 0 Å². The van der Waals surface area contributed by atoms with Crippen LogP contribution in [0.3, 0.4) is 0 Å². The number of fused-ring (bicyclic) bond motifs is 1. The van der Waals surface area contributed by atoms with Crippen LogP contribution in [0.2, 0.25) is 0 Å². The van der Waals surface area contributed by atoms with Gasteiger partial charge in [0, 0.05) is 11.4 Å². The molecule has 1 aliphatic rings. The third-order valence-electron chi connectivity index (χ3n) is 5.55. The molecule has 7 nitrogen and oxygen atoms in total. The molecule has 1 fully saturated rings. The van der Waals surface area contributed by atoms with Gasteiger partial charge in [0.2, 0.25) is 0 Å². The number of carbonyl (C=O) groups is 3. The number of nitrogens with one attached hydrogen (secondary N) is 2. The number of ether oxygens (including phenoxy) is 1. The first-order valence-corrected chi connectivity index (χ1v) is 10.00. The number of aromatic nitrogens is 1. The van der Waals surface area contributed by atoms with Crippen LogP contribution in [0.4, 0.5) is 4.79 Å². The van der Waals surface area contributed by atoms with E-state index in [2.05, 4.69) is 22.5 Å². The van der Waals surface area contributed by atoms with E-state index in [0.29, 0.717) is 17.2 Å². The molecule has 29 heavy (non-hydrogen) atoms. The Morgan fingerprint density at radius 3 is 2.62 bits per heavy atom. The van der Waals surface area contributed by atoms with Gasteiger partial charge in [0.1, 0.15) is 0 Å². The number of hydrogen-bond acceptors (Lipinski definition) is 5. The monoisotopic (exact) mass is 397 g/mol. The lowest BCUT2D eigenvalue weighted by molar-refractivity contribution is -0.123. The van der Waals surface area contributed by atoms with Crippen molar-refractivity contribution in [2.24, 2.45) is 5.92 Å². The standard InChI is InChI=1S/C22H27N3O4/c1-13-8-4-6-10-17(13)24-22(28)25-19(26)12-29-21(27)20-14(2)16-9-5-7-11-18(16)23-15(20)3/h5,7,9,11,13,17H,4,6,8,10,12H2,1-3H3,(H2,24,25,26,28)/t13-,17+/m0/s1. The molecule has 1 aromatic heterocycles. The predicted octanol–water partition coefficient (Wildman–Crippen LogP) is 3.41. The number of aryl methyl sites for hydroxylation is 2. The molecule has 154 valence electrons. The molecule has 0 bridgehead atoms. The van der Waals surface area contributed by atoms with Gasteiger partial charge in [0.25, 0.3) is 5.91 Å². The van der Waals surface area contributed by atoms with Crippen LogP contribution in [0.5, 0.6) is 0 Å². The molecule has 1 aliphatic carbocycles. The normalized spacial score (nSPS) is 18.9. The zero-order valence-electron chi connectivity index (χ0n) is 17.1. The summed E-state index contributed by atoms with van der Waals surface area (Å²) in [6.45, 7) is 5.12. The molecule has 2 aromatic rings. The van der Waals surface area contributed by atoms with Crippen LogP contribution in [0, 0.1) is 19.8 Å². The van der Waals surface area contributed by atoms with Gasteiger partial charge in [-0.2, -0.15) is 0 Å². The van der Waals surface area contributed by atoms with Crippen LogP contribution in [0.1, 0.15) is 54.2 Å². The van der Waals surface area contributed by atoms with Crippen molar-refractivity contribution in [2.75, 3.05) is 6.61 Å². The smallest absolute Gasteiger partial charge is 0.340 e. The zero-order valence-corrected chi connectivity index (χ0v) is 17.1. The summed E-state index contributed by atoms with van der Waals surface area (Å²) in [5, 5.41) is 5.92. The Labute approximate surface area is 170 Å². The van der Waals surface area contributed by atoms with Gasteiger partial charge in [0.15, 0.2) is 6.61 Å². The van der Waals surface area contributed by atoms with Gasteiger partial charge in [-0.25, -0.2) is 9.59 Å². The van der Waals surface area contributed by atoms with Crippen molar-refractivity contribution in [3.05, 3.63) is 41.1 Å². The summed E-state index contributed by atoms with van der Waals surface area (Å²) in [6, 6.07) is 7.04. The second-order valence-corrected chi connectivity index (χ2v) is 7.68. The Kier molecular flexibility index (Phi) is 6.46. The average molecular weight is 397 g/mol. The Bertz CT molecular complexity index is 941. The lowest BCUT2D eigenvalue weighted by Gasteiger charge is -2.29. The van der Waals surface area contributed by atoms with Gasteiger partial charge in [-0.15, -0.1) is 0 Å². The van der Waals surface area contributed by atoms with E-state index in [4.69, 9.17) is 4.74 Å². The molecule has 1 aromatic carbocycles. The van der Waals surface area contributed by atoms with E-state index in [1.165, 1.54) is 0 Å². The van der Waals surface area contributed by atoms with Crippen LogP contribution in [0.25, 0.3) is 10.9 Å². The number of esters is 1. The van der Waals surface area contributed by atoms with E-state index in [1.807, 2.05) is 31.2 Å². The summed E-state index contributed by atoms with van der Waals surface area (Å²) in [7, 11) is 0. The van der Waals surface area contributed by atoms with Crippen LogP contribution >= 0.6 is 0 Å². The molecule has 3 rings (SSSR count).